The predicted octanol–water partition coefficient (Wildman–Crippen LogP) is 4.36. The van der Waals surface area contributed by atoms with Gasteiger partial charge in [0, 0.05) is 10.9 Å². The average molecular weight is 495 g/mol. The fraction of sp³-hybridized carbons (Fsp3) is 0.160. The SMILES string of the molecule is CC(=O)c1ccc(Cn2nc(C(F)(F)F)c(NC(=O)c3cc(C(N)=O)nc4ccccc34)c2C)cc1. The lowest BCUT2D eigenvalue weighted by Crippen LogP contribution is -2.19. The van der Waals surface area contributed by atoms with Crippen LogP contribution in [0.1, 0.15) is 55.1 Å². The number of rotatable bonds is 6. The van der Waals surface area contributed by atoms with Crippen molar-refractivity contribution in [2.24, 2.45) is 5.73 Å². The minimum absolute atomic E-state index is 0.0209. The monoisotopic (exact) mass is 495 g/mol. The molecule has 2 aromatic heterocycles. The first kappa shape index (κ1) is 24.6. The summed E-state index contributed by atoms with van der Waals surface area (Å²) < 4.78 is 42.7. The Bertz CT molecular complexity index is 1510. The first-order valence-electron chi connectivity index (χ1n) is 10.7. The molecule has 0 aliphatic carbocycles. The van der Waals surface area contributed by atoms with E-state index in [1.807, 2.05) is 0 Å². The van der Waals surface area contributed by atoms with E-state index in [1.54, 1.807) is 48.5 Å². The number of hydrogen-bond acceptors (Lipinski definition) is 5. The molecular weight excluding hydrogens is 475 g/mol. The summed E-state index contributed by atoms with van der Waals surface area (Å²) in [7, 11) is 0. The number of anilines is 1. The van der Waals surface area contributed by atoms with Crippen LogP contribution in [0.2, 0.25) is 0 Å². The first-order chi connectivity index (χ1) is 17.0. The van der Waals surface area contributed by atoms with Crippen molar-refractivity contribution in [3.05, 3.63) is 88.4 Å². The predicted molar refractivity (Wildman–Crippen MR) is 126 cm³/mol. The summed E-state index contributed by atoms with van der Waals surface area (Å²) in [5.74, 6) is -1.90. The molecule has 0 atom stereocenters. The van der Waals surface area contributed by atoms with Gasteiger partial charge in [-0.05, 0) is 31.5 Å². The molecule has 36 heavy (non-hydrogen) atoms. The number of carbonyl (C=O) groups excluding carboxylic acids is 3. The van der Waals surface area contributed by atoms with Crippen LogP contribution in [0.3, 0.4) is 0 Å². The van der Waals surface area contributed by atoms with Crippen molar-refractivity contribution in [3.63, 3.8) is 0 Å². The Morgan fingerprint density at radius 3 is 2.33 bits per heavy atom. The number of amides is 2. The summed E-state index contributed by atoms with van der Waals surface area (Å²) in [6.45, 7) is 2.80. The highest BCUT2D eigenvalue weighted by Gasteiger charge is 2.39. The molecular formula is C25H20F3N5O3. The van der Waals surface area contributed by atoms with Crippen LogP contribution in [0.25, 0.3) is 10.9 Å². The van der Waals surface area contributed by atoms with Crippen LogP contribution in [0.4, 0.5) is 18.9 Å². The third-order valence-electron chi connectivity index (χ3n) is 5.62. The zero-order chi connectivity index (χ0) is 26.2. The van der Waals surface area contributed by atoms with E-state index in [-0.39, 0.29) is 34.8 Å². The topological polar surface area (TPSA) is 120 Å². The van der Waals surface area contributed by atoms with E-state index in [0.717, 1.165) is 10.7 Å². The molecule has 0 fully saturated rings. The molecule has 0 unspecified atom stereocenters. The van der Waals surface area contributed by atoms with Crippen LogP contribution in [0.15, 0.2) is 54.6 Å². The number of para-hydroxylation sites is 1. The molecule has 2 heterocycles. The van der Waals surface area contributed by atoms with E-state index in [0.29, 0.717) is 16.5 Å². The van der Waals surface area contributed by atoms with Gasteiger partial charge in [0.25, 0.3) is 11.8 Å². The molecule has 3 N–H and O–H groups in total. The molecule has 0 aliphatic rings. The van der Waals surface area contributed by atoms with Gasteiger partial charge >= 0.3 is 6.18 Å². The smallest absolute Gasteiger partial charge is 0.364 e. The van der Waals surface area contributed by atoms with Gasteiger partial charge in [-0.15, -0.1) is 0 Å². The van der Waals surface area contributed by atoms with Crippen LogP contribution < -0.4 is 11.1 Å². The normalized spacial score (nSPS) is 11.5. The Balaban J connectivity index is 1.74. The maximum absolute atomic E-state index is 13.9. The molecule has 4 rings (SSSR count). The molecule has 184 valence electrons. The number of benzene rings is 2. The maximum Gasteiger partial charge on any atom is 0.437 e. The van der Waals surface area contributed by atoms with Gasteiger partial charge in [-0.2, -0.15) is 18.3 Å². The number of alkyl halides is 3. The van der Waals surface area contributed by atoms with Crippen LogP contribution in [0.5, 0.6) is 0 Å². The summed E-state index contributed by atoms with van der Waals surface area (Å²) in [4.78, 5) is 40.4. The third-order valence-corrected chi connectivity index (χ3v) is 5.62. The number of Topliss-reactive ketones (excluding diaryl/α,β-unsaturated/α-hetero) is 1. The highest BCUT2D eigenvalue weighted by Crippen LogP contribution is 2.36. The second kappa shape index (κ2) is 9.25. The highest BCUT2D eigenvalue weighted by atomic mass is 19.4. The lowest BCUT2D eigenvalue weighted by molar-refractivity contribution is -0.140. The van der Waals surface area contributed by atoms with Crippen molar-refractivity contribution >= 4 is 34.2 Å². The number of nitrogens with zero attached hydrogens (tertiary/aromatic N) is 3. The number of aromatic nitrogens is 3. The molecule has 11 heteroatoms. The standard InChI is InChI=1S/C25H20F3N5O3/c1-13-21(31-24(36)18-11-20(23(29)35)30-19-6-4-3-5-17(18)19)22(25(26,27)28)32-33(13)12-15-7-9-16(10-8-15)14(2)34/h3-11H,12H2,1-2H3,(H2,29,35)(H,31,36). The zero-order valence-corrected chi connectivity index (χ0v) is 19.2. The summed E-state index contributed by atoms with van der Waals surface area (Å²) in [6, 6.07) is 13.9. The molecule has 0 spiro atoms. The van der Waals surface area contributed by atoms with Crippen molar-refractivity contribution in [1.29, 1.82) is 0 Å². The van der Waals surface area contributed by atoms with E-state index in [2.05, 4.69) is 15.4 Å². The lowest BCUT2D eigenvalue weighted by Gasteiger charge is -2.11. The second-order valence-corrected chi connectivity index (χ2v) is 8.11. The fourth-order valence-electron chi connectivity index (χ4n) is 3.74. The molecule has 0 bridgehead atoms. The number of carbonyl (C=O) groups is 3. The molecule has 0 aliphatic heterocycles. The number of primary amides is 1. The Morgan fingerprint density at radius 2 is 1.72 bits per heavy atom. The Hall–Kier alpha value is -4.54. The van der Waals surface area contributed by atoms with Gasteiger partial charge in [0.2, 0.25) is 0 Å². The summed E-state index contributed by atoms with van der Waals surface area (Å²) >= 11 is 0. The minimum Gasteiger partial charge on any atom is -0.364 e. The van der Waals surface area contributed by atoms with Gasteiger partial charge in [-0.3, -0.25) is 19.1 Å². The van der Waals surface area contributed by atoms with Crippen LogP contribution in [-0.4, -0.2) is 32.4 Å². The number of pyridine rings is 1. The van der Waals surface area contributed by atoms with E-state index < -0.39 is 29.4 Å². The molecule has 0 saturated heterocycles. The van der Waals surface area contributed by atoms with E-state index in [1.165, 1.54) is 13.8 Å². The van der Waals surface area contributed by atoms with Gasteiger partial charge < -0.3 is 11.1 Å². The van der Waals surface area contributed by atoms with Gasteiger partial charge in [-0.25, -0.2) is 4.98 Å². The maximum atomic E-state index is 13.9. The van der Waals surface area contributed by atoms with E-state index in [9.17, 15) is 27.6 Å². The number of fused-ring (bicyclic) bond motifs is 1. The fourth-order valence-corrected chi connectivity index (χ4v) is 3.74. The third kappa shape index (κ3) is 4.81. The summed E-state index contributed by atoms with van der Waals surface area (Å²) in [6.07, 6.45) is -4.85. The van der Waals surface area contributed by atoms with Gasteiger partial charge in [0.05, 0.1) is 29.0 Å². The Kier molecular flexibility index (Phi) is 6.32. The van der Waals surface area contributed by atoms with Crippen molar-refractivity contribution in [2.75, 3.05) is 5.32 Å². The minimum atomic E-state index is -4.85. The molecule has 2 aromatic carbocycles. The molecule has 2 amide bonds. The lowest BCUT2D eigenvalue weighted by atomic mass is 10.1. The van der Waals surface area contributed by atoms with Crippen molar-refractivity contribution in [2.45, 2.75) is 26.6 Å². The number of nitrogens with two attached hydrogens (primary N) is 1. The second-order valence-electron chi connectivity index (χ2n) is 8.11. The van der Waals surface area contributed by atoms with E-state index >= 15 is 0 Å². The number of ketones is 1. The van der Waals surface area contributed by atoms with Crippen LogP contribution >= 0.6 is 0 Å². The highest BCUT2D eigenvalue weighted by molar-refractivity contribution is 6.14. The first-order valence-corrected chi connectivity index (χ1v) is 10.7. The van der Waals surface area contributed by atoms with Crippen LogP contribution in [0, 0.1) is 6.92 Å². The van der Waals surface area contributed by atoms with Gasteiger partial charge in [0.15, 0.2) is 11.5 Å². The van der Waals surface area contributed by atoms with Gasteiger partial charge in [-0.1, -0.05) is 42.5 Å². The van der Waals surface area contributed by atoms with Crippen molar-refractivity contribution in [1.82, 2.24) is 14.8 Å². The largest absolute Gasteiger partial charge is 0.437 e. The number of hydrogen-bond donors (Lipinski definition) is 2. The summed E-state index contributed by atoms with van der Waals surface area (Å²) in [5, 5.41) is 6.37. The Labute approximate surface area is 202 Å². The molecule has 0 radical (unpaired) electrons. The average Bonchev–Trinajstić information content (AvgIpc) is 3.13. The summed E-state index contributed by atoms with van der Waals surface area (Å²) in [5.41, 5.74) is 4.74. The number of halogens is 3. The van der Waals surface area contributed by atoms with Gasteiger partial charge in [0.1, 0.15) is 5.69 Å². The number of nitrogens with one attached hydrogen (secondary N) is 1. The van der Waals surface area contributed by atoms with Crippen LogP contribution in [-0.2, 0) is 12.7 Å². The zero-order valence-electron chi connectivity index (χ0n) is 19.2. The molecule has 4 aromatic rings. The van der Waals surface area contributed by atoms with E-state index in [4.69, 9.17) is 5.73 Å². The molecule has 8 nitrogen and oxygen atoms in total. The van der Waals surface area contributed by atoms with Crippen molar-refractivity contribution < 1.29 is 27.6 Å². The molecule has 0 saturated carbocycles. The quantitative estimate of drug-likeness (QED) is 0.385. The Morgan fingerprint density at radius 1 is 1.06 bits per heavy atom. The van der Waals surface area contributed by atoms with Crippen molar-refractivity contribution in [3.8, 4) is 0 Å².